The van der Waals surface area contributed by atoms with E-state index < -0.39 is 0 Å². The van der Waals surface area contributed by atoms with Crippen molar-refractivity contribution in [2.75, 3.05) is 0 Å². The van der Waals surface area contributed by atoms with Crippen molar-refractivity contribution in [2.24, 2.45) is 7.05 Å². The molecule has 0 spiro atoms. The van der Waals surface area contributed by atoms with E-state index in [1.165, 1.54) is 0 Å². The minimum atomic E-state index is 0.493. The van der Waals surface area contributed by atoms with Crippen LogP contribution in [0.15, 0.2) is 54.7 Å². The summed E-state index contributed by atoms with van der Waals surface area (Å²) in [6.45, 7) is 0.493. The summed E-state index contributed by atoms with van der Waals surface area (Å²) in [5.74, 6) is 0.744. The SMILES string of the molecule is Cn1cc(C=O)c2c(OCc3ccccc3)cccc21. The lowest BCUT2D eigenvalue weighted by atomic mass is 10.1. The van der Waals surface area contributed by atoms with E-state index in [0.29, 0.717) is 12.2 Å². The van der Waals surface area contributed by atoms with Crippen molar-refractivity contribution < 1.29 is 9.53 Å². The molecule has 0 amide bonds. The summed E-state index contributed by atoms with van der Waals surface area (Å²) in [7, 11) is 1.93. The number of carbonyl (C=O) groups excluding carboxylic acids is 1. The van der Waals surface area contributed by atoms with Crippen molar-refractivity contribution in [3.05, 3.63) is 65.9 Å². The summed E-state index contributed by atoms with van der Waals surface area (Å²) in [6, 6.07) is 15.8. The standard InChI is InChI=1S/C17H15NO2/c1-18-10-14(11-19)17-15(18)8-5-9-16(17)20-12-13-6-3-2-4-7-13/h2-11H,12H2,1H3. The van der Waals surface area contributed by atoms with Crippen LogP contribution in [0.1, 0.15) is 15.9 Å². The average Bonchev–Trinajstić information content (AvgIpc) is 2.83. The molecular weight excluding hydrogens is 250 g/mol. The van der Waals surface area contributed by atoms with Gasteiger partial charge in [-0.2, -0.15) is 0 Å². The molecule has 0 saturated heterocycles. The molecule has 3 nitrogen and oxygen atoms in total. The van der Waals surface area contributed by atoms with Crippen molar-refractivity contribution in [3.63, 3.8) is 0 Å². The van der Waals surface area contributed by atoms with E-state index in [4.69, 9.17) is 4.74 Å². The van der Waals surface area contributed by atoms with E-state index in [1.807, 2.05) is 66.3 Å². The third kappa shape index (κ3) is 2.18. The molecule has 3 heteroatoms. The number of hydrogen-bond acceptors (Lipinski definition) is 2. The molecule has 20 heavy (non-hydrogen) atoms. The fourth-order valence-electron chi connectivity index (χ4n) is 2.39. The highest BCUT2D eigenvalue weighted by Gasteiger charge is 2.11. The van der Waals surface area contributed by atoms with Gasteiger partial charge in [-0.15, -0.1) is 0 Å². The Bertz CT molecular complexity index is 744. The van der Waals surface area contributed by atoms with Crippen LogP contribution in [0.3, 0.4) is 0 Å². The maximum atomic E-state index is 11.2. The van der Waals surface area contributed by atoms with Gasteiger partial charge in [-0.1, -0.05) is 36.4 Å². The van der Waals surface area contributed by atoms with Crippen LogP contribution in [0.2, 0.25) is 0 Å². The lowest BCUT2D eigenvalue weighted by molar-refractivity contribution is 0.112. The Labute approximate surface area is 117 Å². The predicted molar refractivity (Wildman–Crippen MR) is 79.1 cm³/mol. The van der Waals surface area contributed by atoms with Gasteiger partial charge < -0.3 is 9.30 Å². The highest BCUT2D eigenvalue weighted by molar-refractivity contribution is 6.01. The molecule has 3 rings (SSSR count). The molecule has 0 atom stereocenters. The average molecular weight is 265 g/mol. The number of hydrogen-bond donors (Lipinski definition) is 0. The van der Waals surface area contributed by atoms with Crippen LogP contribution in [-0.4, -0.2) is 10.9 Å². The van der Waals surface area contributed by atoms with Crippen molar-refractivity contribution in [1.29, 1.82) is 0 Å². The molecule has 2 aromatic carbocycles. The zero-order chi connectivity index (χ0) is 13.9. The summed E-state index contributed by atoms with van der Waals surface area (Å²) < 4.78 is 7.83. The first-order chi connectivity index (χ1) is 9.79. The van der Waals surface area contributed by atoms with E-state index >= 15 is 0 Å². The zero-order valence-electron chi connectivity index (χ0n) is 11.2. The summed E-state index contributed by atoms with van der Waals surface area (Å²) in [4.78, 5) is 11.2. The second kappa shape index (κ2) is 5.21. The number of nitrogens with zero attached hydrogens (tertiary/aromatic N) is 1. The van der Waals surface area contributed by atoms with E-state index in [9.17, 15) is 4.79 Å². The maximum Gasteiger partial charge on any atom is 0.152 e. The van der Waals surface area contributed by atoms with Crippen molar-refractivity contribution in [2.45, 2.75) is 6.61 Å². The van der Waals surface area contributed by atoms with Gasteiger partial charge in [0.05, 0.1) is 10.9 Å². The number of benzene rings is 2. The van der Waals surface area contributed by atoms with Gasteiger partial charge in [-0.25, -0.2) is 0 Å². The molecule has 1 aromatic heterocycles. The van der Waals surface area contributed by atoms with Gasteiger partial charge in [0.1, 0.15) is 12.4 Å². The van der Waals surface area contributed by atoms with Crippen molar-refractivity contribution in [3.8, 4) is 5.75 Å². The molecule has 3 aromatic rings. The molecule has 0 aliphatic carbocycles. The van der Waals surface area contributed by atoms with Gasteiger partial charge in [0.2, 0.25) is 0 Å². The Morgan fingerprint density at radius 2 is 1.90 bits per heavy atom. The van der Waals surface area contributed by atoms with E-state index in [-0.39, 0.29) is 0 Å². The summed E-state index contributed by atoms with van der Waals surface area (Å²) >= 11 is 0. The number of aryl methyl sites for hydroxylation is 1. The zero-order valence-corrected chi connectivity index (χ0v) is 11.2. The van der Waals surface area contributed by atoms with E-state index in [2.05, 4.69) is 0 Å². The van der Waals surface area contributed by atoms with Gasteiger partial charge in [-0.3, -0.25) is 4.79 Å². The third-order valence-corrected chi connectivity index (χ3v) is 3.37. The van der Waals surface area contributed by atoms with Crippen molar-refractivity contribution >= 4 is 17.2 Å². The number of rotatable bonds is 4. The second-order valence-electron chi connectivity index (χ2n) is 4.74. The molecule has 0 saturated carbocycles. The van der Waals surface area contributed by atoms with Gasteiger partial charge in [0.25, 0.3) is 0 Å². The van der Waals surface area contributed by atoms with Crippen LogP contribution in [0.25, 0.3) is 10.9 Å². The fraction of sp³-hybridized carbons (Fsp3) is 0.118. The quantitative estimate of drug-likeness (QED) is 0.675. The first-order valence-electron chi connectivity index (χ1n) is 6.49. The fourth-order valence-corrected chi connectivity index (χ4v) is 2.39. The summed E-state index contributed by atoms with van der Waals surface area (Å²) in [5.41, 5.74) is 2.76. The van der Waals surface area contributed by atoms with Gasteiger partial charge in [0.15, 0.2) is 6.29 Å². The first kappa shape index (κ1) is 12.5. The Morgan fingerprint density at radius 1 is 1.10 bits per heavy atom. The summed E-state index contributed by atoms with van der Waals surface area (Å²) in [6.07, 6.45) is 2.70. The topological polar surface area (TPSA) is 31.2 Å². The second-order valence-corrected chi connectivity index (χ2v) is 4.74. The predicted octanol–water partition coefficient (Wildman–Crippen LogP) is 3.57. The largest absolute Gasteiger partial charge is 0.488 e. The van der Waals surface area contributed by atoms with Crippen LogP contribution in [0.5, 0.6) is 5.75 Å². The minimum Gasteiger partial charge on any atom is -0.488 e. The van der Waals surface area contributed by atoms with E-state index in [1.54, 1.807) is 0 Å². The number of aldehydes is 1. The number of aromatic nitrogens is 1. The Kier molecular flexibility index (Phi) is 3.25. The highest BCUT2D eigenvalue weighted by atomic mass is 16.5. The first-order valence-corrected chi connectivity index (χ1v) is 6.49. The Balaban J connectivity index is 1.97. The van der Waals surface area contributed by atoms with Gasteiger partial charge >= 0.3 is 0 Å². The monoisotopic (exact) mass is 265 g/mol. The normalized spacial score (nSPS) is 10.7. The molecule has 0 aliphatic heterocycles. The lowest BCUT2D eigenvalue weighted by Crippen LogP contribution is -1.96. The molecular formula is C17H15NO2. The molecule has 1 heterocycles. The van der Waals surface area contributed by atoms with Crippen LogP contribution in [0, 0.1) is 0 Å². The van der Waals surface area contributed by atoms with Crippen LogP contribution < -0.4 is 4.74 Å². The molecule has 0 aliphatic rings. The smallest absolute Gasteiger partial charge is 0.152 e. The van der Waals surface area contributed by atoms with Crippen LogP contribution >= 0.6 is 0 Å². The highest BCUT2D eigenvalue weighted by Crippen LogP contribution is 2.29. The van der Waals surface area contributed by atoms with Crippen LogP contribution in [0.4, 0.5) is 0 Å². The molecule has 100 valence electrons. The summed E-state index contributed by atoms with van der Waals surface area (Å²) in [5, 5.41) is 0.876. The molecule has 0 radical (unpaired) electrons. The minimum absolute atomic E-state index is 0.493. The number of fused-ring (bicyclic) bond motifs is 1. The van der Waals surface area contributed by atoms with E-state index in [0.717, 1.165) is 28.5 Å². The van der Waals surface area contributed by atoms with Gasteiger partial charge in [-0.05, 0) is 17.7 Å². The lowest BCUT2D eigenvalue weighted by Gasteiger charge is -2.08. The Hall–Kier alpha value is -2.55. The van der Waals surface area contributed by atoms with Crippen molar-refractivity contribution in [1.82, 2.24) is 4.57 Å². The number of ether oxygens (including phenoxy) is 1. The molecule has 0 fully saturated rings. The molecule has 0 N–H and O–H groups in total. The maximum absolute atomic E-state index is 11.2. The number of carbonyl (C=O) groups is 1. The van der Waals surface area contributed by atoms with Gasteiger partial charge in [0, 0.05) is 18.8 Å². The van der Waals surface area contributed by atoms with Crippen LogP contribution in [-0.2, 0) is 13.7 Å². The Morgan fingerprint density at radius 3 is 2.65 bits per heavy atom. The third-order valence-electron chi connectivity index (χ3n) is 3.37. The molecule has 0 bridgehead atoms. The molecule has 0 unspecified atom stereocenters.